The Morgan fingerprint density at radius 1 is 0.971 bits per heavy atom. The van der Waals surface area contributed by atoms with Crippen LogP contribution in [0.5, 0.6) is 0 Å². The normalized spacial score (nSPS) is 25.7. The van der Waals surface area contributed by atoms with Crippen LogP contribution in [-0.2, 0) is 23.6 Å². The predicted molar refractivity (Wildman–Crippen MR) is 115 cm³/mol. The molecule has 4 rings (SSSR count). The molecule has 34 heavy (non-hydrogen) atoms. The van der Waals surface area contributed by atoms with Gasteiger partial charge in [0.05, 0.1) is 16.7 Å². The molecule has 1 aliphatic heterocycles. The zero-order valence-electron chi connectivity index (χ0n) is 18.7. The van der Waals surface area contributed by atoms with E-state index in [1.165, 1.54) is 6.20 Å². The van der Waals surface area contributed by atoms with E-state index in [1.54, 1.807) is 12.1 Å². The van der Waals surface area contributed by atoms with Crippen LogP contribution in [0.4, 0.5) is 26.3 Å². The summed E-state index contributed by atoms with van der Waals surface area (Å²) in [6, 6.07) is 6.56. The molecule has 2 aliphatic rings. The SMILES string of the molecule is FC(F)(F)c1ccc(C2CCCC23C[C@H](CCNCc2cncc(C(F)(F)F)c2)CCO3)cc1. The molecule has 3 atom stereocenters. The molecular weight excluding hydrogens is 458 g/mol. The monoisotopic (exact) mass is 486 g/mol. The van der Waals surface area contributed by atoms with E-state index in [9.17, 15) is 26.3 Å². The van der Waals surface area contributed by atoms with Gasteiger partial charge in [-0.1, -0.05) is 12.1 Å². The second-order valence-corrected chi connectivity index (χ2v) is 9.38. The van der Waals surface area contributed by atoms with Gasteiger partial charge >= 0.3 is 12.4 Å². The van der Waals surface area contributed by atoms with Crippen LogP contribution >= 0.6 is 0 Å². The van der Waals surface area contributed by atoms with Gasteiger partial charge in [0.15, 0.2) is 0 Å². The number of aromatic nitrogens is 1. The fourth-order valence-corrected chi connectivity index (χ4v) is 5.44. The maximum atomic E-state index is 12.9. The summed E-state index contributed by atoms with van der Waals surface area (Å²) in [7, 11) is 0. The van der Waals surface area contributed by atoms with Crippen LogP contribution in [0.25, 0.3) is 0 Å². The minimum absolute atomic E-state index is 0.0710. The molecular formula is C25H28F6N2O. The van der Waals surface area contributed by atoms with Crippen LogP contribution in [0.15, 0.2) is 42.7 Å². The van der Waals surface area contributed by atoms with Gasteiger partial charge in [-0.15, -0.1) is 0 Å². The Morgan fingerprint density at radius 2 is 1.71 bits per heavy atom. The summed E-state index contributed by atoms with van der Waals surface area (Å²) < 4.78 is 83.6. The molecule has 2 fully saturated rings. The number of rotatable bonds is 6. The first-order valence-electron chi connectivity index (χ1n) is 11.6. The average Bonchev–Trinajstić information content (AvgIpc) is 3.18. The number of halogens is 6. The number of hydrogen-bond acceptors (Lipinski definition) is 3. The molecule has 0 amide bonds. The number of hydrogen-bond donors (Lipinski definition) is 1. The van der Waals surface area contributed by atoms with E-state index in [1.807, 2.05) is 0 Å². The topological polar surface area (TPSA) is 34.2 Å². The van der Waals surface area contributed by atoms with Crippen LogP contribution in [0.3, 0.4) is 0 Å². The average molecular weight is 487 g/mol. The lowest BCUT2D eigenvalue weighted by Gasteiger charge is -2.43. The summed E-state index contributed by atoms with van der Waals surface area (Å²) >= 11 is 0. The smallest absolute Gasteiger partial charge is 0.374 e. The Bertz CT molecular complexity index is 959. The van der Waals surface area contributed by atoms with Crippen molar-refractivity contribution in [1.82, 2.24) is 10.3 Å². The first-order chi connectivity index (χ1) is 16.1. The van der Waals surface area contributed by atoms with Crippen molar-refractivity contribution in [1.29, 1.82) is 0 Å². The number of nitrogens with zero attached hydrogens (tertiary/aromatic N) is 1. The van der Waals surface area contributed by atoms with Crippen LogP contribution in [0, 0.1) is 5.92 Å². The van der Waals surface area contributed by atoms with Gasteiger partial charge in [0, 0.05) is 31.5 Å². The Balaban J connectivity index is 1.33. The Labute approximate surface area is 194 Å². The number of benzene rings is 1. The van der Waals surface area contributed by atoms with Crippen molar-refractivity contribution in [3.63, 3.8) is 0 Å². The molecule has 1 saturated carbocycles. The van der Waals surface area contributed by atoms with E-state index >= 15 is 0 Å². The molecule has 3 nitrogen and oxygen atoms in total. The first-order valence-corrected chi connectivity index (χ1v) is 11.6. The summed E-state index contributed by atoms with van der Waals surface area (Å²) in [6.45, 7) is 1.57. The number of alkyl halides is 6. The van der Waals surface area contributed by atoms with Crippen LogP contribution in [0.1, 0.15) is 66.7 Å². The molecule has 9 heteroatoms. The van der Waals surface area contributed by atoms with Crippen LogP contribution in [0.2, 0.25) is 0 Å². The molecule has 2 aromatic rings. The largest absolute Gasteiger partial charge is 0.417 e. The molecule has 0 radical (unpaired) electrons. The Hall–Kier alpha value is -2.13. The lowest BCUT2D eigenvalue weighted by atomic mass is 9.75. The van der Waals surface area contributed by atoms with Crippen LogP contribution < -0.4 is 5.32 Å². The molecule has 1 aliphatic carbocycles. The molecule has 1 aromatic carbocycles. The van der Waals surface area contributed by atoms with E-state index in [-0.39, 0.29) is 11.5 Å². The van der Waals surface area contributed by atoms with E-state index in [2.05, 4.69) is 10.3 Å². The third-order valence-electron chi connectivity index (χ3n) is 7.10. The van der Waals surface area contributed by atoms with Gasteiger partial charge in [-0.25, -0.2) is 0 Å². The highest BCUT2D eigenvalue weighted by Crippen LogP contribution is 2.51. The lowest BCUT2D eigenvalue weighted by molar-refractivity contribution is -0.138. The molecule has 2 unspecified atom stereocenters. The molecule has 2 heterocycles. The molecule has 1 spiro atoms. The maximum Gasteiger partial charge on any atom is 0.417 e. The summed E-state index contributed by atoms with van der Waals surface area (Å²) in [5.41, 5.74) is -0.382. The highest BCUT2D eigenvalue weighted by Gasteiger charge is 2.47. The fraction of sp³-hybridized carbons (Fsp3) is 0.560. The minimum Gasteiger partial charge on any atom is -0.374 e. The molecule has 1 N–H and O–H groups in total. The fourth-order valence-electron chi connectivity index (χ4n) is 5.44. The van der Waals surface area contributed by atoms with E-state index in [0.29, 0.717) is 31.2 Å². The molecule has 186 valence electrons. The quantitative estimate of drug-likeness (QED) is 0.363. The highest BCUT2D eigenvalue weighted by atomic mass is 19.4. The van der Waals surface area contributed by atoms with E-state index < -0.39 is 23.5 Å². The lowest BCUT2D eigenvalue weighted by Crippen LogP contribution is -2.42. The van der Waals surface area contributed by atoms with Crippen molar-refractivity contribution in [2.75, 3.05) is 13.2 Å². The van der Waals surface area contributed by atoms with Crippen molar-refractivity contribution < 1.29 is 31.1 Å². The van der Waals surface area contributed by atoms with Gasteiger partial charge in [0.25, 0.3) is 0 Å². The van der Waals surface area contributed by atoms with E-state index in [0.717, 1.165) is 68.5 Å². The second-order valence-electron chi connectivity index (χ2n) is 9.38. The van der Waals surface area contributed by atoms with Gasteiger partial charge in [-0.3, -0.25) is 4.98 Å². The molecule has 1 aromatic heterocycles. The van der Waals surface area contributed by atoms with Crippen molar-refractivity contribution in [3.8, 4) is 0 Å². The predicted octanol–water partition coefficient (Wildman–Crippen LogP) is 6.73. The van der Waals surface area contributed by atoms with Crippen LogP contribution in [-0.4, -0.2) is 23.7 Å². The Morgan fingerprint density at radius 3 is 2.41 bits per heavy atom. The second kappa shape index (κ2) is 9.85. The van der Waals surface area contributed by atoms with Crippen molar-refractivity contribution in [3.05, 3.63) is 65.0 Å². The standard InChI is InChI=1S/C25H28F6N2O/c26-24(27,28)20-5-3-19(4-6-20)22-2-1-9-23(22)13-17(8-11-34-23)7-10-32-14-18-12-21(16-33-15-18)25(29,30)31/h3-6,12,15-17,22,32H,1-2,7-11,13-14H2/t17-,22?,23?/m1/s1. The zero-order chi connectivity index (χ0) is 24.4. The molecule has 0 bridgehead atoms. The third kappa shape index (κ3) is 5.74. The van der Waals surface area contributed by atoms with Gasteiger partial charge in [0.2, 0.25) is 0 Å². The van der Waals surface area contributed by atoms with Crippen molar-refractivity contribution >= 4 is 0 Å². The van der Waals surface area contributed by atoms with Gasteiger partial charge in [-0.2, -0.15) is 26.3 Å². The third-order valence-corrected chi connectivity index (χ3v) is 7.10. The summed E-state index contributed by atoms with van der Waals surface area (Å²) in [5.74, 6) is 0.456. The van der Waals surface area contributed by atoms with Gasteiger partial charge < -0.3 is 10.1 Å². The number of ether oxygens (including phenoxy) is 1. The van der Waals surface area contributed by atoms with E-state index in [4.69, 9.17) is 4.74 Å². The number of pyridine rings is 1. The highest BCUT2D eigenvalue weighted by molar-refractivity contribution is 5.30. The summed E-state index contributed by atoms with van der Waals surface area (Å²) in [4.78, 5) is 3.68. The van der Waals surface area contributed by atoms with Crippen molar-refractivity contribution in [2.45, 2.75) is 68.9 Å². The summed E-state index contributed by atoms with van der Waals surface area (Å²) in [5, 5.41) is 3.22. The number of nitrogens with one attached hydrogen (secondary N) is 1. The maximum absolute atomic E-state index is 12.9. The van der Waals surface area contributed by atoms with Gasteiger partial charge in [-0.05, 0) is 80.3 Å². The van der Waals surface area contributed by atoms with Gasteiger partial charge in [0.1, 0.15) is 0 Å². The first kappa shape index (κ1) is 25.0. The molecule has 1 saturated heterocycles. The van der Waals surface area contributed by atoms with Crippen molar-refractivity contribution in [2.24, 2.45) is 5.92 Å². The zero-order valence-corrected chi connectivity index (χ0v) is 18.7. The minimum atomic E-state index is -4.41. The Kier molecular flexibility index (Phi) is 7.24. The summed E-state index contributed by atoms with van der Waals surface area (Å²) in [6.07, 6.45) is -1.17.